The van der Waals surface area contributed by atoms with E-state index < -0.39 is 30.6 Å². The van der Waals surface area contributed by atoms with Crippen molar-refractivity contribution in [3.63, 3.8) is 0 Å². The van der Waals surface area contributed by atoms with Crippen LogP contribution in [0.25, 0.3) is 0 Å². The Hall–Kier alpha value is -1.21. The predicted molar refractivity (Wildman–Crippen MR) is 54.6 cm³/mol. The predicted octanol–water partition coefficient (Wildman–Crippen LogP) is -0.500. The molecule has 4 atom stereocenters. The number of alkyl halides is 1. The molecule has 1 saturated heterocycles. The number of hydrogen-bond acceptors (Lipinski definition) is 5. The Bertz CT molecular complexity index is 298. The Morgan fingerprint density at radius 1 is 1.53 bits per heavy atom. The number of aliphatic hydroxyl groups excluding tert-OH is 1. The van der Waals surface area contributed by atoms with Crippen LogP contribution in [0.15, 0.2) is 0 Å². The first-order valence-corrected chi connectivity index (χ1v) is 5.28. The lowest BCUT2D eigenvalue weighted by Crippen LogP contribution is -2.54. The number of esters is 1. The summed E-state index contributed by atoms with van der Waals surface area (Å²) >= 11 is 0. The summed E-state index contributed by atoms with van der Waals surface area (Å²) < 4.78 is 23.2. The van der Waals surface area contributed by atoms with Crippen molar-refractivity contribution in [2.45, 2.75) is 44.9 Å². The molecule has 6 nitrogen and oxygen atoms in total. The smallest absolute Gasteiger partial charge is 0.302 e. The molecule has 98 valence electrons. The highest BCUT2D eigenvalue weighted by Gasteiger charge is 2.38. The summed E-state index contributed by atoms with van der Waals surface area (Å²) in [4.78, 5) is 21.4. The van der Waals surface area contributed by atoms with Crippen LogP contribution in [0.3, 0.4) is 0 Å². The zero-order chi connectivity index (χ0) is 13.0. The number of nitrogens with one attached hydrogen (secondary N) is 1. The van der Waals surface area contributed by atoms with Gasteiger partial charge in [0, 0.05) is 20.3 Å². The number of aliphatic hydroxyl groups is 1. The van der Waals surface area contributed by atoms with E-state index in [0.717, 1.165) is 0 Å². The number of carbonyl (C=O) groups is 2. The van der Waals surface area contributed by atoms with Gasteiger partial charge in [0.2, 0.25) is 5.91 Å². The molecule has 0 saturated carbocycles. The number of carbonyl (C=O) groups excluding carboxylic acids is 2. The Morgan fingerprint density at radius 3 is 2.71 bits per heavy atom. The minimum atomic E-state index is -1.41. The largest absolute Gasteiger partial charge is 0.463 e. The molecule has 0 bridgehead atoms. The van der Waals surface area contributed by atoms with Crippen molar-refractivity contribution >= 4 is 11.9 Å². The Kier molecular flexibility index (Phi) is 4.83. The van der Waals surface area contributed by atoms with Gasteiger partial charge in [-0.25, -0.2) is 4.39 Å². The number of amides is 1. The van der Waals surface area contributed by atoms with Crippen molar-refractivity contribution < 1.29 is 28.6 Å². The van der Waals surface area contributed by atoms with Crippen LogP contribution in [0.2, 0.25) is 0 Å². The lowest BCUT2D eigenvalue weighted by atomic mass is 10.0. The van der Waals surface area contributed by atoms with E-state index in [9.17, 15) is 19.1 Å². The first-order valence-electron chi connectivity index (χ1n) is 5.28. The van der Waals surface area contributed by atoms with Crippen molar-refractivity contribution in [3.05, 3.63) is 0 Å². The third-order valence-corrected chi connectivity index (χ3v) is 2.38. The van der Waals surface area contributed by atoms with Crippen LogP contribution in [0.4, 0.5) is 4.39 Å². The van der Waals surface area contributed by atoms with E-state index in [1.165, 1.54) is 13.8 Å². The van der Waals surface area contributed by atoms with Crippen LogP contribution in [0.5, 0.6) is 0 Å². The molecule has 0 aromatic heterocycles. The van der Waals surface area contributed by atoms with E-state index in [2.05, 4.69) is 10.1 Å². The second-order valence-electron chi connectivity index (χ2n) is 3.93. The molecular formula is C10H16FNO5. The maximum atomic E-state index is 13.6. The normalized spacial score (nSPS) is 32.9. The molecule has 1 rings (SSSR count). The summed E-state index contributed by atoms with van der Waals surface area (Å²) in [6, 6.07) is -0.781. The van der Waals surface area contributed by atoms with E-state index in [1.54, 1.807) is 0 Å². The fourth-order valence-corrected chi connectivity index (χ4v) is 1.60. The van der Waals surface area contributed by atoms with E-state index in [-0.39, 0.29) is 18.9 Å². The van der Waals surface area contributed by atoms with Gasteiger partial charge in [-0.05, 0) is 0 Å². The Labute approximate surface area is 98.1 Å². The minimum Gasteiger partial charge on any atom is -0.463 e. The van der Waals surface area contributed by atoms with Crippen LogP contribution in [0, 0.1) is 0 Å². The van der Waals surface area contributed by atoms with Crippen LogP contribution in [-0.2, 0) is 19.1 Å². The van der Waals surface area contributed by atoms with Crippen molar-refractivity contribution in [2.75, 3.05) is 6.61 Å². The maximum absolute atomic E-state index is 13.6. The zero-order valence-corrected chi connectivity index (χ0v) is 9.68. The quantitative estimate of drug-likeness (QED) is 0.659. The minimum absolute atomic E-state index is 0.0767. The number of hydrogen-bond donors (Lipinski definition) is 2. The highest BCUT2D eigenvalue weighted by atomic mass is 19.1. The molecule has 0 spiro atoms. The topological polar surface area (TPSA) is 84.9 Å². The van der Waals surface area contributed by atoms with Gasteiger partial charge >= 0.3 is 5.97 Å². The summed E-state index contributed by atoms with van der Waals surface area (Å²) in [7, 11) is 0. The molecule has 0 aromatic rings. The van der Waals surface area contributed by atoms with Gasteiger partial charge in [-0.1, -0.05) is 0 Å². The standard InChI is InChI=1S/C10H16FNO5/c1-5(13)12-8-3-7(11)9(17-10(8)15)4-16-6(2)14/h7-10,15H,3-4H2,1-2H3,(H,12,13)/t7-,8+,9+,10+/m0/s1. The second-order valence-corrected chi connectivity index (χ2v) is 3.93. The molecular weight excluding hydrogens is 233 g/mol. The molecule has 1 fully saturated rings. The van der Waals surface area contributed by atoms with Crippen molar-refractivity contribution in [3.8, 4) is 0 Å². The van der Waals surface area contributed by atoms with E-state index in [0.29, 0.717) is 0 Å². The fourth-order valence-electron chi connectivity index (χ4n) is 1.60. The molecule has 2 N–H and O–H groups in total. The summed E-state index contributed by atoms with van der Waals surface area (Å²) in [5.41, 5.74) is 0. The highest BCUT2D eigenvalue weighted by molar-refractivity contribution is 5.73. The van der Waals surface area contributed by atoms with Gasteiger partial charge in [0.15, 0.2) is 6.29 Å². The van der Waals surface area contributed by atoms with Crippen LogP contribution < -0.4 is 5.32 Å². The molecule has 1 heterocycles. The molecule has 7 heteroatoms. The van der Waals surface area contributed by atoms with Gasteiger partial charge in [-0.2, -0.15) is 0 Å². The van der Waals surface area contributed by atoms with Crippen molar-refractivity contribution in [1.29, 1.82) is 0 Å². The SMILES string of the molecule is CC(=O)N[C@@H]1C[C@H](F)[C@@H](COC(C)=O)O[C@H]1O. The zero-order valence-electron chi connectivity index (χ0n) is 9.68. The van der Waals surface area contributed by atoms with E-state index >= 15 is 0 Å². The lowest BCUT2D eigenvalue weighted by Gasteiger charge is -2.35. The van der Waals surface area contributed by atoms with Gasteiger partial charge in [0.25, 0.3) is 0 Å². The van der Waals surface area contributed by atoms with E-state index in [4.69, 9.17) is 4.74 Å². The molecule has 0 radical (unpaired) electrons. The van der Waals surface area contributed by atoms with Gasteiger partial charge in [0.1, 0.15) is 18.9 Å². The molecule has 17 heavy (non-hydrogen) atoms. The molecule has 0 aromatic carbocycles. The van der Waals surface area contributed by atoms with Gasteiger partial charge in [-0.15, -0.1) is 0 Å². The summed E-state index contributed by atoms with van der Waals surface area (Å²) in [6.45, 7) is 2.22. The first-order chi connectivity index (χ1) is 7.90. The lowest BCUT2D eigenvalue weighted by molar-refractivity contribution is -0.213. The Morgan fingerprint density at radius 2 is 2.18 bits per heavy atom. The first kappa shape index (κ1) is 13.9. The summed E-state index contributed by atoms with van der Waals surface area (Å²) in [6.07, 6.45) is -3.79. The number of rotatable bonds is 3. The average Bonchev–Trinajstić information content (AvgIpc) is 2.20. The molecule has 0 unspecified atom stereocenters. The van der Waals surface area contributed by atoms with Crippen molar-refractivity contribution in [2.24, 2.45) is 0 Å². The number of ether oxygens (including phenoxy) is 2. The average molecular weight is 249 g/mol. The van der Waals surface area contributed by atoms with Crippen molar-refractivity contribution in [1.82, 2.24) is 5.32 Å². The third kappa shape index (κ3) is 4.27. The second kappa shape index (κ2) is 5.92. The maximum Gasteiger partial charge on any atom is 0.302 e. The van der Waals surface area contributed by atoms with E-state index in [1.807, 2.05) is 0 Å². The molecule has 0 aliphatic carbocycles. The highest BCUT2D eigenvalue weighted by Crippen LogP contribution is 2.22. The van der Waals surface area contributed by atoms with Crippen LogP contribution >= 0.6 is 0 Å². The molecule has 1 aliphatic heterocycles. The molecule has 1 aliphatic rings. The summed E-state index contributed by atoms with van der Waals surface area (Å²) in [5.74, 6) is -0.914. The number of halogens is 1. The van der Waals surface area contributed by atoms with Gasteiger partial charge in [0.05, 0.1) is 6.04 Å². The van der Waals surface area contributed by atoms with Crippen LogP contribution in [0.1, 0.15) is 20.3 Å². The van der Waals surface area contributed by atoms with Gasteiger partial charge in [-0.3, -0.25) is 9.59 Å². The summed E-state index contributed by atoms with van der Waals surface area (Å²) in [5, 5.41) is 11.9. The third-order valence-electron chi connectivity index (χ3n) is 2.38. The fraction of sp³-hybridized carbons (Fsp3) is 0.800. The van der Waals surface area contributed by atoms with Gasteiger partial charge < -0.3 is 19.9 Å². The molecule has 1 amide bonds. The Balaban J connectivity index is 2.48. The van der Waals surface area contributed by atoms with Crippen LogP contribution in [-0.4, -0.2) is 48.2 Å². The monoisotopic (exact) mass is 249 g/mol.